The molecule has 0 aromatic carbocycles. The minimum atomic E-state index is -0.530. The fourth-order valence-electron chi connectivity index (χ4n) is 3.39. The smallest absolute Gasteiger partial charge is 0.327 e. The molecule has 0 radical (unpaired) electrons. The molecule has 1 saturated heterocycles. The van der Waals surface area contributed by atoms with E-state index in [-0.39, 0.29) is 5.97 Å². The molecule has 5 nitrogen and oxygen atoms in total. The summed E-state index contributed by atoms with van der Waals surface area (Å²) in [6.07, 6.45) is 5.35. The second-order valence-electron chi connectivity index (χ2n) is 6.42. The molecule has 2 fully saturated rings. The van der Waals surface area contributed by atoms with E-state index in [9.17, 15) is 4.79 Å². The quantitative estimate of drug-likeness (QED) is 0.687. The molecule has 1 heterocycles. The van der Waals surface area contributed by atoms with Gasteiger partial charge in [-0.1, -0.05) is 6.92 Å². The van der Waals surface area contributed by atoms with E-state index in [0.717, 1.165) is 58.4 Å². The number of hydrogen-bond acceptors (Lipinski definition) is 5. The van der Waals surface area contributed by atoms with Crippen LogP contribution in [0.5, 0.6) is 0 Å². The van der Waals surface area contributed by atoms with Gasteiger partial charge in [-0.05, 0) is 51.6 Å². The van der Waals surface area contributed by atoms with Gasteiger partial charge in [0.2, 0.25) is 0 Å². The SMILES string of the molecule is CCCNC(CN(C)C1CCOCC1)(C(=O)OC)C1CC1. The van der Waals surface area contributed by atoms with E-state index in [2.05, 4.69) is 24.2 Å². The molecule has 122 valence electrons. The topological polar surface area (TPSA) is 50.8 Å². The van der Waals surface area contributed by atoms with Gasteiger partial charge in [0.15, 0.2) is 0 Å². The number of carbonyl (C=O) groups is 1. The normalized spacial score (nSPS) is 23.0. The number of methoxy groups -OCH3 is 1. The van der Waals surface area contributed by atoms with Crippen LogP contribution in [0.1, 0.15) is 39.0 Å². The van der Waals surface area contributed by atoms with E-state index < -0.39 is 5.54 Å². The van der Waals surface area contributed by atoms with Crippen LogP contribution in [0.4, 0.5) is 0 Å². The minimum Gasteiger partial charge on any atom is -0.468 e. The Kier molecular flexibility index (Phi) is 6.02. The molecular weight excluding hydrogens is 268 g/mol. The summed E-state index contributed by atoms with van der Waals surface area (Å²) < 4.78 is 10.6. The summed E-state index contributed by atoms with van der Waals surface area (Å²) in [6.45, 7) is 5.37. The van der Waals surface area contributed by atoms with Crippen LogP contribution in [0.25, 0.3) is 0 Å². The van der Waals surface area contributed by atoms with Crippen molar-refractivity contribution in [2.75, 3.05) is 40.5 Å². The summed E-state index contributed by atoms with van der Waals surface area (Å²) in [4.78, 5) is 14.8. The third kappa shape index (κ3) is 3.96. The second kappa shape index (κ2) is 7.56. The van der Waals surface area contributed by atoms with Crippen LogP contribution in [-0.2, 0) is 14.3 Å². The highest BCUT2D eigenvalue weighted by Crippen LogP contribution is 2.41. The van der Waals surface area contributed by atoms with Gasteiger partial charge in [0.05, 0.1) is 7.11 Å². The van der Waals surface area contributed by atoms with Gasteiger partial charge in [-0.2, -0.15) is 0 Å². The summed E-state index contributed by atoms with van der Waals surface area (Å²) >= 11 is 0. The van der Waals surface area contributed by atoms with Crippen molar-refractivity contribution in [1.29, 1.82) is 0 Å². The first-order valence-electron chi connectivity index (χ1n) is 8.25. The number of likely N-dealkylation sites (N-methyl/N-ethyl adjacent to an activating group) is 1. The lowest BCUT2D eigenvalue weighted by molar-refractivity contribution is -0.151. The average molecular weight is 298 g/mol. The summed E-state index contributed by atoms with van der Waals surface area (Å²) in [5.74, 6) is 0.316. The van der Waals surface area contributed by atoms with Crippen molar-refractivity contribution in [3.05, 3.63) is 0 Å². The molecule has 5 heteroatoms. The number of rotatable bonds is 8. The van der Waals surface area contributed by atoms with E-state index in [1.54, 1.807) is 0 Å². The molecule has 0 amide bonds. The molecule has 1 unspecified atom stereocenters. The Morgan fingerprint density at radius 2 is 2.00 bits per heavy atom. The zero-order valence-electron chi connectivity index (χ0n) is 13.7. The predicted molar refractivity (Wildman–Crippen MR) is 82.2 cm³/mol. The van der Waals surface area contributed by atoms with Gasteiger partial charge in [0, 0.05) is 25.8 Å². The van der Waals surface area contributed by atoms with Crippen molar-refractivity contribution in [1.82, 2.24) is 10.2 Å². The van der Waals surface area contributed by atoms with Gasteiger partial charge >= 0.3 is 5.97 Å². The van der Waals surface area contributed by atoms with Gasteiger partial charge in [-0.25, -0.2) is 4.79 Å². The zero-order chi connectivity index (χ0) is 15.3. The first kappa shape index (κ1) is 16.7. The fourth-order valence-corrected chi connectivity index (χ4v) is 3.39. The molecule has 2 rings (SSSR count). The van der Waals surface area contributed by atoms with Crippen molar-refractivity contribution in [3.8, 4) is 0 Å². The molecule has 1 aliphatic carbocycles. The standard InChI is InChI=1S/C16H30N2O3/c1-4-9-17-16(13-5-6-13,15(19)20-3)12-18(2)14-7-10-21-11-8-14/h13-14,17H,4-12H2,1-3H3. The van der Waals surface area contributed by atoms with Crippen molar-refractivity contribution in [2.24, 2.45) is 5.92 Å². The molecule has 1 N–H and O–H groups in total. The van der Waals surface area contributed by atoms with Gasteiger partial charge in [-0.3, -0.25) is 0 Å². The Bertz CT molecular complexity index is 340. The summed E-state index contributed by atoms with van der Waals surface area (Å²) in [6, 6.07) is 0.505. The maximum atomic E-state index is 12.5. The summed E-state index contributed by atoms with van der Waals surface area (Å²) in [5.41, 5.74) is -0.530. The lowest BCUT2D eigenvalue weighted by Crippen LogP contribution is -2.62. The second-order valence-corrected chi connectivity index (χ2v) is 6.42. The minimum absolute atomic E-state index is 0.0997. The lowest BCUT2D eigenvalue weighted by Gasteiger charge is -2.40. The highest BCUT2D eigenvalue weighted by Gasteiger charge is 2.52. The fraction of sp³-hybridized carbons (Fsp3) is 0.938. The largest absolute Gasteiger partial charge is 0.468 e. The Morgan fingerprint density at radius 1 is 1.33 bits per heavy atom. The number of ether oxygens (including phenoxy) is 2. The highest BCUT2D eigenvalue weighted by molar-refractivity contribution is 5.82. The molecular formula is C16H30N2O3. The van der Waals surface area contributed by atoms with E-state index in [0.29, 0.717) is 12.0 Å². The van der Waals surface area contributed by atoms with E-state index in [4.69, 9.17) is 9.47 Å². The van der Waals surface area contributed by atoms with Crippen LogP contribution in [0.15, 0.2) is 0 Å². The van der Waals surface area contributed by atoms with Crippen LogP contribution < -0.4 is 5.32 Å². The van der Waals surface area contributed by atoms with Crippen molar-refractivity contribution in [3.63, 3.8) is 0 Å². The first-order valence-corrected chi connectivity index (χ1v) is 8.25. The number of nitrogens with zero attached hydrogens (tertiary/aromatic N) is 1. The molecule has 0 aromatic heterocycles. The Balaban J connectivity index is 2.07. The third-order valence-electron chi connectivity index (χ3n) is 4.83. The highest BCUT2D eigenvalue weighted by atomic mass is 16.5. The van der Waals surface area contributed by atoms with Gasteiger partial charge < -0.3 is 19.7 Å². The van der Waals surface area contributed by atoms with Gasteiger partial charge in [0.1, 0.15) is 5.54 Å². The van der Waals surface area contributed by atoms with Crippen LogP contribution >= 0.6 is 0 Å². The Morgan fingerprint density at radius 3 is 2.52 bits per heavy atom. The first-order chi connectivity index (χ1) is 10.1. The third-order valence-corrected chi connectivity index (χ3v) is 4.83. The maximum Gasteiger partial charge on any atom is 0.327 e. The Labute approximate surface area is 128 Å². The van der Waals surface area contributed by atoms with Crippen LogP contribution in [0.2, 0.25) is 0 Å². The molecule has 0 spiro atoms. The maximum absolute atomic E-state index is 12.5. The summed E-state index contributed by atoms with van der Waals surface area (Å²) in [7, 11) is 3.63. The van der Waals surface area contributed by atoms with Crippen molar-refractivity contribution >= 4 is 5.97 Å². The molecule has 21 heavy (non-hydrogen) atoms. The molecule has 0 aromatic rings. The van der Waals surface area contributed by atoms with Gasteiger partial charge in [0.25, 0.3) is 0 Å². The number of esters is 1. The molecule has 1 atom stereocenters. The molecule has 1 aliphatic heterocycles. The van der Waals surface area contributed by atoms with Crippen molar-refractivity contribution in [2.45, 2.75) is 50.6 Å². The van der Waals surface area contributed by atoms with E-state index in [1.807, 2.05) is 0 Å². The monoisotopic (exact) mass is 298 g/mol. The number of carbonyl (C=O) groups excluding carboxylic acids is 1. The number of hydrogen-bond donors (Lipinski definition) is 1. The van der Waals surface area contributed by atoms with E-state index >= 15 is 0 Å². The number of nitrogens with one attached hydrogen (secondary N) is 1. The van der Waals surface area contributed by atoms with Crippen LogP contribution in [0.3, 0.4) is 0 Å². The average Bonchev–Trinajstić information content (AvgIpc) is 3.36. The molecule has 0 bridgehead atoms. The molecule has 2 aliphatic rings. The Hall–Kier alpha value is -0.650. The summed E-state index contributed by atoms with van der Waals surface area (Å²) in [5, 5.41) is 3.52. The zero-order valence-corrected chi connectivity index (χ0v) is 13.7. The van der Waals surface area contributed by atoms with Crippen molar-refractivity contribution < 1.29 is 14.3 Å². The van der Waals surface area contributed by atoms with Crippen LogP contribution in [-0.4, -0.2) is 62.9 Å². The van der Waals surface area contributed by atoms with Crippen LogP contribution in [0, 0.1) is 5.92 Å². The molecule has 1 saturated carbocycles. The van der Waals surface area contributed by atoms with Gasteiger partial charge in [-0.15, -0.1) is 0 Å². The predicted octanol–water partition coefficient (Wildman–Crippen LogP) is 1.42. The lowest BCUT2D eigenvalue weighted by atomic mass is 9.91. The van der Waals surface area contributed by atoms with E-state index in [1.165, 1.54) is 7.11 Å².